The fourth-order valence-electron chi connectivity index (χ4n) is 3.32. The number of benzene rings is 1. The van der Waals surface area contributed by atoms with Gasteiger partial charge >= 0.3 is 6.09 Å². The highest BCUT2D eigenvalue weighted by molar-refractivity contribution is 5.85. The standard InChI is InChI=1S/C15H21N3O2/c1-20-15(19)17-12-5-2-4-11(10-12)16-13-7-9-18-8-3-6-14(13)18/h2,4-5,10,13-14,16H,3,6-9H2,1H3,(H,17,19). The van der Waals surface area contributed by atoms with Gasteiger partial charge in [-0.3, -0.25) is 10.2 Å². The van der Waals surface area contributed by atoms with Gasteiger partial charge in [-0.25, -0.2) is 4.79 Å². The van der Waals surface area contributed by atoms with E-state index in [4.69, 9.17) is 0 Å². The van der Waals surface area contributed by atoms with Crippen molar-refractivity contribution in [3.63, 3.8) is 0 Å². The Morgan fingerprint density at radius 2 is 2.15 bits per heavy atom. The molecule has 2 atom stereocenters. The van der Waals surface area contributed by atoms with E-state index in [1.54, 1.807) is 0 Å². The summed E-state index contributed by atoms with van der Waals surface area (Å²) < 4.78 is 4.61. The maximum Gasteiger partial charge on any atom is 0.411 e. The van der Waals surface area contributed by atoms with Crippen molar-refractivity contribution in [1.82, 2.24) is 4.90 Å². The average molecular weight is 275 g/mol. The molecular weight excluding hydrogens is 254 g/mol. The van der Waals surface area contributed by atoms with Gasteiger partial charge < -0.3 is 10.1 Å². The van der Waals surface area contributed by atoms with Gasteiger partial charge in [-0.05, 0) is 44.0 Å². The summed E-state index contributed by atoms with van der Waals surface area (Å²) >= 11 is 0. The van der Waals surface area contributed by atoms with E-state index in [-0.39, 0.29) is 0 Å². The van der Waals surface area contributed by atoms with Gasteiger partial charge in [-0.1, -0.05) is 6.07 Å². The molecule has 5 heteroatoms. The Morgan fingerprint density at radius 1 is 1.30 bits per heavy atom. The Balaban J connectivity index is 1.65. The van der Waals surface area contributed by atoms with Crippen LogP contribution in [-0.2, 0) is 4.74 Å². The molecule has 0 saturated carbocycles. The van der Waals surface area contributed by atoms with E-state index in [2.05, 4.69) is 20.3 Å². The molecule has 0 bridgehead atoms. The number of carbonyl (C=O) groups is 1. The third-order valence-electron chi connectivity index (χ3n) is 4.25. The lowest BCUT2D eigenvalue weighted by Gasteiger charge is -2.22. The molecule has 2 fully saturated rings. The lowest BCUT2D eigenvalue weighted by Crippen LogP contribution is -2.33. The van der Waals surface area contributed by atoms with E-state index >= 15 is 0 Å². The summed E-state index contributed by atoms with van der Waals surface area (Å²) in [4.78, 5) is 13.8. The minimum absolute atomic E-state index is 0.440. The Kier molecular flexibility index (Phi) is 3.78. The largest absolute Gasteiger partial charge is 0.453 e. The lowest BCUT2D eigenvalue weighted by molar-refractivity contribution is 0.187. The number of hydrogen-bond donors (Lipinski definition) is 2. The van der Waals surface area contributed by atoms with Crippen LogP contribution in [-0.4, -0.2) is 43.3 Å². The highest BCUT2D eigenvalue weighted by atomic mass is 16.5. The van der Waals surface area contributed by atoms with Gasteiger partial charge in [0.2, 0.25) is 0 Å². The maximum atomic E-state index is 11.2. The van der Waals surface area contributed by atoms with Crippen LogP contribution in [0.4, 0.5) is 16.2 Å². The number of rotatable bonds is 3. The molecule has 2 unspecified atom stereocenters. The first kappa shape index (κ1) is 13.2. The van der Waals surface area contributed by atoms with Crippen molar-refractivity contribution in [2.75, 3.05) is 30.8 Å². The second kappa shape index (κ2) is 5.71. The summed E-state index contributed by atoms with van der Waals surface area (Å²) in [5.74, 6) is 0. The van der Waals surface area contributed by atoms with Crippen LogP contribution in [0.15, 0.2) is 24.3 Å². The van der Waals surface area contributed by atoms with E-state index in [0.717, 1.165) is 11.4 Å². The molecule has 20 heavy (non-hydrogen) atoms. The van der Waals surface area contributed by atoms with Crippen molar-refractivity contribution in [3.8, 4) is 0 Å². The first-order chi connectivity index (χ1) is 9.76. The predicted molar refractivity (Wildman–Crippen MR) is 79.1 cm³/mol. The third-order valence-corrected chi connectivity index (χ3v) is 4.25. The Hall–Kier alpha value is -1.75. The van der Waals surface area contributed by atoms with E-state index in [0.29, 0.717) is 12.1 Å². The molecule has 2 N–H and O–H groups in total. The van der Waals surface area contributed by atoms with Crippen LogP contribution < -0.4 is 10.6 Å². The number of hydrogen-bond acceptors (Lipinski definition) is 4. The van der Waals surface area contributed by atoms with Crippen LogP contribution in [0.1, 0.15) is 19.3 Å². The minimum atomic E-state index is -0.440. The monoisotopic (exact) mass is 275 g/mol. The molecule has 5 nitrogen and oxygen atoms in total. The zero-order valence-corrected chi connectivity index (χ0v) is 11.8. The number of methoxy groups -OCH3 is 1. The summed E-state index contributed by atoms with van der Waals surface area (Å²) in [7, 11) is 1.37. The average Bonchev–Trinajstić information content (AvgIpc) is 3.04. The molecule has 0 radical (unpaired) electrons. The number of anilines is 2. The van der Waals surface area contributed by atoms with Crippen molar-refractivity contribution in [3.05, 3.63) is 24.3 Å². The molecular formula is C15H21N3O2. The van der Waals surface area contributed by atoms with E-state index in [9.17, 15) is 4.79 Å². The molecule has 1 aromatic rings. The van der Waals surface area contributed by atoms with E-state index < -0.39 is 6.09 Å². The number of amides is 1. The van der Waals surface area contributed by atoms with Gasteiger partial charge in [-0.15, -0.1) is 0 Å². The van der Waals surface area contributed by atoms with E-state index in [1.165, 1.54) is 39.5 Å². The summed E-state index contributed by atoms with van der Waals surface area (Å²) in [6, 6.07) is 8.99. The molecule has 0 aromatic heterocycles. The maximum absolute atomic E-state index is 11.2. The molecule has 2 heterocycles. The van der Waals surface area contributed by atoms with Gasteiger partial charge in [0.25, 0.3) is 0 Å². The topological polar surface area (TPSA) is 53.6 Å². The van der Waals surface area contributed by atoms with Gasteiger partial charge in [0, 0.05) is 30.0 Å². The van der Waals surface area contributed by atoms with Gasteiger partial charge in [0.1, 0.15) is 0 Å². The second-order valence-corrected chi connectivity index (χ2v) is 5.48. The van der Waals surface area contributed by atoms with Crippen molar-refractivity contribution in [2.24, 2.45) is 0 Å². The number of ether oxygens (including phenoxy) is 1. The number of nitrogens with one attached hydrogen (secondary N) is 2. The fraction of sp³-hybridized carbons (Fsp3) is 0.533. The molecule has 0 spiro atoms. The molecule has 3 rings (SSSR count). The van der Waals surface area contributed by atoms with Gasteiger partial charge in [-0.2, -0.15) is 0 Å². The Labute approximate surface area is 119 Å². The Morgan fingerprint density at radius 3 is 3.00 bits per heavy atom. The number of nitrogens with zero attached hydrogens (tertiary/aromatic N) is 1. The Bertz CT molecular complexity index is 492. The van der Waals surface area contributed by atoms with Crippen LogP contribution in [0.3, 0.4) is 0 Å². The second-order valence-electron chi connectivity index (χ2n) is 5.48. The summed E-state index contributed by atoms with van der Waals surface area (Å²) in [5.41, 5.74) is 1.81. The number of fused-ring (bicyclic) bond motifs is 1. The van der Waals surface area contributed by atoms with Crippen LogP contribution in [0, 0.1) is 0 Å². The highest BCUT2D eigenvalue weighted by Crippen LogP contribution is 2.30. The predicted octanol–water partition coefficient (Wildman–Crippen LogP) is 2.51. The third kappa shape index (κ3) is 2.72. The normalized spacial score (nSPS) is 25.2. The van der Waals surface area contributed by atoms with Crippen LogP contribution in [0.2, 0.25) is 0 Å². The first-order valence-corrected chi connectivity index (χ1v) is 7.22. The van der Waals surface area contributed by atoms with Crippen LogP contribution in [0.5, 0.6) is 0 Å². The summed E-state index contributed by atoms with van der Waals surface area (Å²) in [5, 5.41) is 6.30. The van der Waals surface area contributed by atoms with Crippen molar-refractivity contribution < 1.29 is 9.53 Å². The summed E-state index contributed by atoms with van der Waals surface area (Å²) in [6.45, 7) is 2.44. The molecule has 2 saturated heterocycles. The molecule has 1 aromatic carbocycles. The smallest absolute Gasteiger partial charge is 0.411 e. The molecule has 108 valence electrons. The molecule has 2 aliphatic rings. The number of carbonyl (C=O) groups excluding carboxylic acids is 1. The zero-order chi connectivity index (χ0) is 13.9. The van der Waals surface area contributed by atoms with Gasteiger partial charge in [0.15, 0.2) is 0 Å². The zero-order valence-electron chi connectivity index (χ0n) is 11.8. The van der Waals surface area contributed by atoms with Crippen molar-refractivity contribution in [2.45, 2.75) is 31.3 Å². The van der Waals surface area contributed by atoms with Crippen molar-refractivity contribution in [1.29, 1.82) is 0 Å². The van der Waals surface area contributed by atoms with Crippen molar-refractivity contribution >= 4 is 17.5 Å². The SMILES string of the molecule is COC(=O)Nc1cccc(NC2CCN3CCCC23)c1. The van der Waals surface area contributed by atoms with E-state index in [1.807, 2.05) is 24.3 Å². The lowest BCUT2D eigenvalue weighted by atomic mass is 10.1. The molecule has 1 amide bonds. The van der Waals surface area contributed by atoms with Gasteiger partial charge in [0.05, 0.1) is 7.11 Å². The highest BCUT2D eigenvalue weighted by Gasteiger charge is 2.36. The minimum Gasteiger partial charge on any atom is -0.453 e. The molecule has 0 aliphatic carbocycles. The molecule has 2 aliphatic heterocycles. The summed E-state index contributed by atoms with van der Waals surface area (Å²) in [6.07, 6.45) is 3.36. The quantitative estimate of drug-likeness (QED) is 0.890. The van der Waals surface area contributed by atoms with Crippen LogP contribution in [0.25, 0.3) is 0 Å². The first-order valence-electron chi connectivity index (χ1n) is 7.22. The van der Waals surface area contributed by atoms with Crippen LogP contribution >= 0.6 is 0 Å². The fourth-order valence-corrected chi connectivity index (χ4v) is 3.32.